The Morgan fingerprint density at radius 3 is 2.73 bits per heavy atom. The third kappa shape index (κ3) is 3.80. The van der Waals surface area contributed by atoms with Gasteiger partial charge in [0.25, 0.3) is 5.91 Å². The van der Waals surface area contributed by atoms with Gasteiger partial charge in [-0.25, -0.2) is 9.80 Å². The van der Waals surface area contributed by atoms with Crippen LogP contribution < -0.4 is 10.7 Å². The van der Waals surface area contributed by atoms with Gasteiger partial charge in [0.15, 0.2) is 0 Å². The molecule has 0 radical (unpaired) electrons. The maximum atomic E-state index is 13.0. The topological polar surface area (TPSA) is 126 Å². The fourth-order valence-electron chi connectivity index (χ4n) is 3.93. The first-order chi connectivity index (χ1) is 15.9. The van der Waals surface area contributed by atoms with Crippen molar-refractivity contribution in [1.82, 2.24) is 25.5 Å². The second-order valence-corrected chi connectivity index (χ2v) is 9.04. The van der Waals surface area contributed by atoms with Gasteiger partial charge in [-0.05, 0) is 18.2 Å². The largest absolute Gasteiger partial charge is 0.379 e. The highest BCUT2D eigenvalue weighted by Gasteiger charge is 2.34. The smallest absolute Gasteiger partial charge is 0.321 e. The predicted molar refractivity (Wildman–Crippen MR) is 126 cm³/mol. The summed E-state index contributed by atoms with van der Waals surface area (Å²) in [6.45, 7) is 2.38. The number of morpholine rings is 1. The van der Waals surface area contributed by atoms with Crippen LogP contribution in [0.25, 0.3) is 21.8 Å². The van der Waals surface area contributed by atoms with Crippen molar-refractivity contribution in [3.63, 3.8) is 0 Å². The second-order valence-electron chi connectivity index (χ2n) is 7.95. The Labute approximate surface area is 194 Å². The molecule has 0 spiro atoms. The van der Waals surface area contributed by atoms with Crippen LogP contribution in [0, 0.1) is 5.41 Å². The number of urea groups is 1. The monoisotopic (exact) mass is 465 g/mol. The Morgan fingerprint density at radius 1 is 1.18 bits per heavy atom. The number of aromatic nitrogens is 2. The van der Waals surface area contributed by atoms with Crippen molar-refractivity contribution in [3.05, 3.63) is 47.0 Å². The van der Waals surface area contributed by atoms with E-state index in [4.69, 9.17) is 10.1 Å². The number of aromatic amines is 1. The molecule has 2 aliphatic rings. The van der Waals surface area contributed by atoms with E-state index in [9.17, 15) is 9.59 Å². The van der Waals surface area contributed by atoms with Crippen molar-refractivity contribution >= 4 is 34.0 Å². The molecule has 1 aliphatic heterocycles. The zero-order valence-corrected chi connectivity index (χ0v) is 19.0. The predicted octanol–water partition coefficient (Wildman–Crippen LogP) is 2.61. The molecule has 1 aromatic carbocycles. The average Bonchev–Trinajstić information content (AvgIpc) is 3.51. The molecule has 1 fully saturated rings. The van der Waals surface area contributed by atoms with Crippen LogP contribution in [-0.4, -0.2) is 78.2 Å². The van der Waals surface area contributed by atoms with Crippen molar-refractivity contribution in [2.75, 3.05) is 45.7 Å². The number of nitrogens with one attached hydrogen (secondary N) is 4. The summed E-state index contributed by atoms with van der Waals surface area (Å²) in [4.78, 5) is 27.3. The van der Waals surface area contributed by atoms with Crippen LogP contribution in [0.5, 0.6) is 0 Å². The molecule has 170 valence electrons. The van der Waals surface area contributed by atoms with Crippen LogP contribution in [0.4, 0.5) is 9.80 Å². The molecule has 3 heterocycles. The number of carbonyl (C=O) groups excluding carboxylic acids is 2. The number of fused-ring (bicyclic) bond motifs is 3. The number of carbonyl (C=O) groups is 2. The maximum absolute atomic E-state index is 13.0. The van der Waals surface area contributed by atoms with Crippen molar-refractivity contribution in [1.29, 1.82) is 5.41 Å². The highest BCUT2D eigenvalue weighted by Crippen LogP contribution is 2.43. The molecule has 0 atom stereocenters. The molecule has 0 saturated carbocycles. The van der Waals surface area contributed by atoms with Crippen LogP contribution in [0.2, 0.25) is 0 Å². The number of thiophene rings is 1. The lowest BCUT2D eigenvalue weighted by Crippen LogP contribution is -2.48. The zero-order chi connectivity index (χ0) is 23.1. The molecule has 11 heteroatoms. The highest BCUT2D eigenvalue weighted by atomic mass is 32.1. The molecule has 10 nitrogen and oxygen atoms in total. The van der Waals surface area contributed by atoms with Crippen molar-refractivity contribution in [3.8, 4) is 21.8 Å². The molecule has 0 unspecified atom stereocenters. The van der Waals surface area contributed by atoms with Gasteiger partial charge in [0.05, 0.1) is 45.6 Å². The van der Waals surface area contributed by atoms with Crippen LogP contribution in [0.3, 0.4) is 0 Å². The number of amides is 3. The highest BCUT2D eigenvalue weighted by molar-refractivity contribution is 7.19. The van der Waals surface area contributed by atoms with Gasteiger partial charge < -0.3 is 9.64 Å². The summed E-state index contributed by atoms with van der Waals surface area (Å²) in [7, 11) is 3.36. The number of benzene rings is 1. The number of hydrazine groups is 1. The SMILES string of the molecule is CN(C)C(=O)Nc1ccc(-c2[nH]nc3c2C(=N)c2c(C(=O)NN4CCOCC4)cccc2-3)s1. The van der Waals surface area contributed by atoms with Gasteiger partial charge in [0.2, 0.25) is 0 Å². The average molecular weight is 466 g/mol. The summed E-state index contributed by atoms with van der Waals surface area (Å²) in [5.74, 6) is -0.251. The molecule has 3 aromatic rings. The van der Waals surface area contributed by atoms with E-state index in [1.165, 1.54) is 16.2 Å². The lowest BCUT2D eigenvalue weighted by atomic mass is 10.0. The summed E-state index contributed by atoms with van der Waals surface area (Å²) in [5, 5.41) is 21.8. The summed E-state index contributed by atoms with van der Waals surface area (Å²) < 4.78 is 5.34. The standard InChI is InChI=1S/C22H23N7O3S/c1-28(2)22(31)24-15-7-6-14(33-15)20-17-18(23)16-12(19(17)25-26-20)4-3-5-13(16)21(30)27-29-8-10-32-11-9-29/h3-7,23H,8-11H2,1-2H3,(H,24,31)(H,25,26)(H,27,30). The van der Waals surface area contributed by atoms with E-state index in [1.807, 2.05) is 29.3 Å². The summed E-state index contributed by atoms with van der Waals surface area (Å²) in [5.41, 5.74) is 6.96. The van der Waals surface area contributed by atoms with E-state index in [0.717, 1.165) is 10.4 Å². The molecular formula is C22H23N7O3S. The quantitative estimate of drug-likeness (QED) is 0.369. The van der Waals surface area contributed by atoms with E-state index in [1.54, 1.807) is 20.2 Å². The number of nitrogens with zero attached hydrogens (tertiary/aromatic N) is 3. The number of hydrogen-bond donors (Lipinski definition) is 4. The number of ether oxygens (including phenoxy) is 1. The Kier molecular flexibility index (Phi) is 5.44. The van der Waals surface area contributed by atoms with Crippen molar-refractivity contribution in [2.24, 2.45) is 0 Å². The lowest BCUT2D eigenvalue weighted by Gasteiger charge is -2.27. The zero-order valence-electron chi connectivity index (χ0n) is 18.2. The first-order valence-corrected chi connectivity index (χ1v) is 11.3. The van der Waals surface area contributed by atoms with Gasteiger partial charge in [-0.3, -0.25) is 26.0 Å². The molecule has 3 amide bonds. The second kappa shape index (κ2) is 8.43. The molecule has 33 heavy (non-hydrogen) atoms. The fraction of sp³-hybridized carbons (Fsp3) is 0.273. The molecule has 0 bridgehead atoms. The minimum atomic E-state index is -0.251. The van der Waals surface area contributed by atoms with Crippen molar-refractivity contribution < 1.29 is 14.3 Å². The van der Waals surface area contributed by atoms with Crippen LogP contribution in [0.15, 0.2) is 30.3 Å². The van der Waals surface area contributed by atoms with E-state index in [2.05, 4.69) is 20.9 Å². The molecule has 2 aromatic heterocycles. The van der Waals surface area contributed by atoms with E-state index in [-0.39, 0.29) is 17.6 Å². The summed E-state index contributed by atoms with van der Waals surface area (Å²) in [6, 6.07) is 8.91. The van der Waals surface area contributed by atoms with Gasteiger partial charge in [0, 0.05) is 38.3 Å². The van der Waals surface area contributed by atoms with E-state index in [0.29, 0.717) is 59.4 Å². The molecule has 4 N–H and O–H groups in total. The fourth-order valence-corrected chi connectivity index (χ4v) is 4.82. The third-order valence-corrected chi connectivity index (χ3v) is 6.61. The molecular weight excluding hydrogens is 442 g/mol. The molecule has 1 saturated heterocycles. The summed E-state index contributed by atoms with van der Waals surface area (Å²) in [6.07, 6.45) is 0. The maximum Gasteiger partial charge on any atom is 0.321 e. The summed E-state index contributed by atoms with van der Waals surface area (Å²) >= 11 is 1.39. The van der Waals surface area contributed by atoms with Gasteiger partial charge >= 0.3 is 6.03 Å². The minimum Gasteiger partial charge on any atom is -0.379 e. The van der Waals surface area contributed by atoms with Gasteiger partial charge in [0.1, 0.15) is 5.69 Å². The number of rotatable bonds is 4. The van der Waals surface area contributed by atoms with Crippen LogP contribution in [-0.2, 0) is 4.74 Å². The van der Waals surface area contributed by atoms with Gasteiger partial charge in [-0.2, -0.15) is 5.10 Å². The normalized spacial score (nSPS) is 15.2. The first kappa shape index (κ1) is 21.3. The minimum absolute atomic E-state index is 0.214. The lowest BCUT2D eigenvalue weighted by molar-refractivity contribution is 0.0126. The first-order valence-electron chi connectivity index (χ1n) is 10.5. The molecule has 1 aliphatic carbocycles. The van der Waals surface area contributed by atoms with Crippen molar-refractivity contribution in [2.45, 2.75) is 0 Å². The number of anilines is 1. The number of H-pyrrole nitrogens is 1. The Bertz CT molecular complexity index is 1260. The Hall–Kier alpha value is -3.54. The molecule has 5 rings (SSSR count). The van der Waals surface area contributed by atoms with Crippen LogP contribution >= 0.6 is 11.3 Å². The van der Waals surface area contributed by atoms with E-state index >= 15 is 0 Å². The Morgan fingerprint density at radius 2 is 1.97 bits per heavy atom. The van der Waals surface area contributed by atoms with E-state index < -0.39 is 0 Å². The number of hydrogen-bond acceptors (Lipinski definition) is 7. The van der Waals surface area contributed by atoms with Gasteiger partial charge in [-0.1, -0.05) is 12.1 Å². The third-order valence-electron chi connectivity index (χ3n) is 5.59. The van der Waals surface area contributed by atoms with Gasteiger partial charge in [-0.15, -0.1) is 11.3 Å². The van der Waals surface area contributed by atoms with Crippen LogP contribution in [0.1, 0.15) is 21.5 Å². The Balaban J connectivity index is 1.44.